The van der Waals surface area contributed by atoms with Crippen LogP contribution in [0.5, 0.6) is 0 Å². The highest BCUT2D eigenvalue weighted by atomic mass is 16.5. The summed E-state index contributed by atoms with van der Waals surface area (Å²) in [5.74, 6) is 0.912. The molecule has 0 saturated carbocycles. The van der Waals surface area contributed by atoms with Crippen molar-refractivity contribution in [3.8, 4) is 0 Å². The van der Waals surface area contributed by atoms with Gasteiger partial charge < -0.3 is 14.5 Å². The van der Waals surface area contributed by atoms with Gasteiger partial charge in [0.25, 0.3) is 5.91 Å². The smallest absolute Gasteiger partial charge is 0.255 e. The number of ether oxygens (including phenoxy) is 1. The number of pyridine rings is 1. The number of imidazole rings is 1. The molecule has 5 heteroatoms. The van der Waals surface area contributed by atoms with Crippen molar-refractivity contribution in [2.45, 2.75) is 40.2 Å². The van der Waals surface area contributed by atoms with Crippen molar-refractivity contribution in [2.75, 3.05) is 13.2 Å². The summed E-state index contributed by atoms with van der Waals surface area (Å²) >= 11 is 0. The normalized spacial score (nSPS) is 16.6. The van der Waals surface area contributed by atoms with Crippen molar-refractivity contribution in [1.29, 1.82) is 0 Å². The molecule has 0 spiro atoms. The van der Waals surface area contributed by atoms with Crippen LogP contribution in [0.2, 0.25) is 0 Å². The molecule has 3 rings (SSSR count). The summed E-state index contributed by atoms with van der Waals surface area (Å²) in [6, 6.07) is 4.00. The number of fused-ring (bicyclic) bond motifs is 1. The van der Waals surface area contributed by atoms with Gasteiger partial charge in [-0.05, 0) is 38.3 Å². The topological polar surface area (TPSA) is 55.6 Å². The van der Waals surface area contributed by atoms with E-state index >= 15 is 0 Å². The number of amides is 1. The van der Waals surface area contributed by atoms with E-state index in [4.69, 9.17) is 4.74 Å². The molecule has 2 aromatic heterocycles. The number of hydrogen-bond donors (Lipinski definition) is 1. The number of carbonyl (C=O) groups is 1. The van der Waals surface area contributed by atoms with Crippen molar-refractivity contribution < 1.29 is 9.53 Å². The van der Waals surface area contributed by atoms with Crippen LogP contribution in [-0.4, -0.2) is 34.5 Å². The standard InChI is InChI=1S/C18H25N3O2/c1-11(2)7-16(14-9-23-10-14)20-18(22)15-6-5-13(4)21-8-12(3)19-17(15)21/h5-6,8,11,14,16H,7,9-10H2,1-4H3,(H,20,22)/t16-/m0/s1. The van der Waals surface area contributed by atoms with Gasteiger partial charge >= 0.3 is 0 Å². The van der Waals surface area contributed by atoms with E-state index in [-0.39, 0.29) is 11.9 Å². The Morgan fingerprint density at radius 2 is 2.13 bits per heavy atom. The lowest BCUT2D eigenvalue weighted by Crippen LogP contribution is -2.49. The lowest BCUT2D eigenvalue weighted by atomic mass is 9.90. The van der Waals surface area contributed by atoms with Gasteiger partial charge in [-0.1, -0.05) is 13.8 Å². The highest BCUT2D eigenvalue weighted by molar-refractivity contribution is 6.00. The Morgan fingerprint density at radius 1 is 1.39 bits per heavy atom. The summed E-state index contributed by atoms with van der Waals surface area (Å²) in [6.07, 6.45) is 2.93. The maximum Gasteiger partial charge on any atom is 0.255 e. The zero-order chi connectivity index (χ0) is 16.6. The minimum absolute atomic E-state index is 0.0434. The van der Waals surface area contributed by atoms with Crippen molar-refractivity contribution in [3.63, 3.8) is 0 Å². The third kappa shape index (κ3) is 3.24. The van der Waals surface area contributed by atoms with E-state index in [1.54, 1.807) is 0 Å². The highest BCUT2D eigenvalue weighted by Gasteiger charge is 2.30. The van der Waals surface area contributed by atoms with Crippen LogP contribution in [0.25, 0.3) is 5.65 Å². The molecule has 1 fully saturated rings. The van der Waals surface area contributed by atoms with E-state index in [0.29, 0.717) is 17.4 Å². The predicted octanol–water partition coefficient (Wildman–Crippen LogP) is 2.74. The first kappa shape index (κ1) is 16.0. The zero-order valence-corrected chi connectivity index (χ0v) is 14.3. The van der Waals surface area contributed by atoms with E-state index < -0.39 is 0 Å². The van der Waals surface area contributed by atoms with Crippen LogP contribution in [0, 0.1) is 25.7 Å². The Kier molecular flexibility index (Phi) is 4.39. The molecule has 0 radical (unpaired) electrons. The van der Waals surface area contributed by atoms with Gasteiger partial charge in [0, 0.05) is 23.9 Å². The molecule has 1 amide bonds. The second-order valence-electron chi connectivity index (χ2n) is 6.97. The molecule has 1 N–H and O–H groups in total. The minimum atomic E-state index is -0.0434. The van der Waals surface area contributed by atoms with Crippen LogP contribution in [0.1, 0.15) is 42.0 Å². The van der Waals surface area contributed by atoms with Crippen LogP contribution in [0.15, 0.2) is 18.3 Å². The number of aryl methyl sites for hydroxylation is 2. The van der Waals surface area contributed by atoms with Crippen LogP contribution >= 0.6 is 0 Å². The Morgan fingerprint density at radius 3 is 2.74 bits per heavy atom. The molecular formula is C18H25N3O2. The van der Waals surface area contributed by atoms with Crippen LogP contribution in [0.4, 0.5) is 0 Å². The van der Waals surface area contributed by atoms with E-state index in [9.17, 15) is 4.79 Å². The molecule has 0 unspecified atom stereocenters. The first-order chi connectivity index (χ1) is 11.0. The molecule has 1 atom stereocenters. The van der Waals surface area contributed by atoms with Gasteiger partial charge in [0.15, 0.2) is 0 Å². The maximum absolute atomic E-state index is 12.8. The van der Waals surface area contributed by atoms with Crippen LogP contribution in [-0.2, 0) is 4.74 Å². The summed E-state index contributed by atoms with van der Waals surface area (Å²) < 4.78 is 7.29. The first-order valence-corrected chi connectivity index (χ1v) is 8.29. The third-order valence-electron chi connectivity index (χ3n) is 4.46. The molecule has 3 heterocycles. The summed E-state index contributed by atoms with van der Waals surface area (Å²) in [5.41, 5.74) is 3.36. The van der Waals surface area contributed by atoms with E-state index in [2.05, 4.69) is 24.1 Å². The van der Waals surface area contributed by atoms with Gasteiger partial charge in [0.1, 0.15) is 5.65 Å². The van der Waals surface area contributed by atoms with Gasteiger partial charge in [0.2, 0.25) is 0 Å². The molecule has 1 aliphatic heterocycles. The second kappa shape index (κ2) is 6.32. The number of nitrogens with one attached hydrogen (secondary N) is 1. The third-order valence-corrected chi connectivity index (χ3v) is 4.46. The quantitative estimate of drug-likeness (QED) is 0.923. The zero-order valence-electron chi connectivity index (χ0n) is 14.3. The average Bonchev–Trinajstić information content (AvgIpc) is 2.78. The number of nitrogens with zero attached hydrogens (tertiary/aromatic N) is 2. The molecule has 0 aliphatic carbocycles. The molecular weight excluding hydrogens is 290 g/mol. The Labute approximate surface area is 137 Å². The molecule has 1 aliphatic rings. The molecule has 1 saturated heterocycles. The fourth-order valence-electron chi connectivity index (χ4n) is 3.10. The Bertz CT molecular complexity index is 716. The molecule has 5 nitrogen and oxygen atoms in total. The van der Waals surface area contributed by atoms with E-state index in [0.717, 1.165) is 36.7 Å². The van der Waals surface area contributed by atoms with Crippen molar-refractivity contribution in [3.05, 3.63) is 35.3 Å². The monoisotopic (exact) mass is 315 g/mol. The van der Waals surface area contributed by atoms with Crippen molar-refractivity contribution >= 4 is 11.6 Å². The molecule has 0 bridgehead atoms. The Balaban J connectivity index is 1.86. The van der Waals surface area contributed by atoms with Crippen molar-refractivity contribution in [1.82, 2.24) is 14.7 Å². The average molecular weight is 315 g/mol. The number of carbonyl (C=O) groups excluding carboxylic acids is 1. The second-order valence-corrected chi connectivity index (χ2v) is 6.97. The van der Waals surface area contributed by atoms with Crippen molar-refractivity contribution in [2.24, 2.45) is 11.8 Å². The summed E-state index contributed by atoms with van der Waals surface area (Å²) in [5, 5.41) is 3.22. The molecule has 23 heavy (non-hydrogen) atoms. The summed E-state index contributed by atoms with van der Waals surface area (Å²) in [6.45, 7) is 9.80. The number of rotatable bonds is 5. The first-order valence-electron chi connectivity index (χ1n) is 8.29. The lowest BCUT2D eigenvalue weighted by molar-refractivity contribution is -0.0510. The SMILES string of the molecule is Cc1cn2c(C)ccc(C(=O)N[C@@H](CC(C)C)C3COC3)c2n1. The molecule has 2 aromatic rings. The van der Waals surface area contributed by atoms with Gasteiger partial charge in [-0.25, -0.2) is 4.98 Å². The summed E-state index contributed by atoms with van der Waals surface area (Å²) in [4.78, 5) is 17.3. The van der Waals surface area contributed by atoms with E-state index in [1.807, 2.05) is 36.6 Å². The summed E-state index contributed by atoms with van der Waals surface area (Å²) in [7, 11) is 0. The molecule has 0 aromatic carbocycles. The predicted molar refractivity (Wildman–Crippen MR) is 89.7 cm³/mol. The van der Waals surface area contributed by atoms with Crippen LogP contribution in [0.3, 0.4) is 0 Å². The van der Waals surface area contributed by atoms with Gasteiger partial charge in [-0.2, -0.15) is 0 Å². The highest BCUT2D eigenvalue weighted by Crippen LogP contribution is 2.22. The van der Waals surface area contributed by atoms with E-state index in [1.165, 1.54) is 0 Å². The van der Waals surface area contributed by atoms with Gasteiger partial charge in [-0.15, -0.1) is 0 Å². The van der Waals surface area contributed by atoms with Gasteiger partial charge in [0.05, 0.1) is 24.5 Å². The van der Waals surface area contributed by atoms with Gasteiger partial charge in [-0.3, -0.25) is 4.79 Å². The fourth-order valence-corrected chi connectivity index (χ4v) is 3.10. The lowest BCUT2D eigenvalue weighted by Gasteiger charge is -2.35. The molecule has 124 valence electrons. The maximum atomic E-state index is 12.8. The number of aromatic nitrogens is 2. The largest absolute Gasteiger partial charge is 0.381 e. The van der Waals surface area contributed by atoms with Crippen LogP contribution < -0.4 is 5.32 Å². The number of hydrogen-bond acceptors (Lipinski definition) is 3. The Hall–Kier alpha value is -1.88. The fraction of sp³-hybridized carbons (Fsp3) is 0.556. The minimum Gasteiger partial charge on any atom is -0.381 e.